The summed E-state index contributed by atoms with van der Waals surface area (Å²) < 4.78 is 0. The molecule has 0 saturated carbocycles. The number of nitrogens with two attached hydrogens (primary N) is 2. The average Bonchev–Trinajstić information content (AvgIpc) is 3.29. The number of aliphatic hydroxyl groups is 1. The summed E-state index contributed by atoms with van der Waals surface area (Å²) in [5.41, 5.74) is 11.2. The number of nitrogens with zero attached hydrogens (tertiary/aromatic N) is 1. The monoisotopic (exact) mass is 500 g/mol. The average molecular weight is 501 g/mol. The van der Waals surface area contributed by atoms with Gasteiger partial charge in [-0.05, 0) is 51.0 Å². The van der Waals surface area contributed by atoms with Crippen LogP contribution in [0.5, 0.6) is 0 Å². The Morgan fingerprint density at radius 2 is 1.77 bits per heavy atom. The number of hydrogen-bond donors (Lipinski definition) is 7. The molecule has 4 atom stereocenters. The molecule has 0 unspecified atom stereocenters. The highest BCUT2D eigenvalue weighted by molar-refractivity contribution is 5.94. The van der Waals surface area contributed by atoms with Crippen LogP contribution < -0.4 is 27.4 Å². The lowest BCUT2D eigenvalue weighted by Crippen LogP contribution is -2.57. The fraction of sp³-hybridized carbons (Fsp3) is 0.773. The number of carbonyl (C=O) groups is 5. The van der Waals surface area contributed by atoms with Crippen LogP contribution in [0.3, 0.4) is 0 Å². The molecule has 1 aliphatic heterocycles. The molecule has 0 aromatic heterocycles. The maximum absolute atomic E-state index is 12.9. The molecule has 0 aromatic rings. The van der Waals surface area contributed by atoms with Crippen LogP contribution in [0.15, 0.2) is 0 Å². The van der Waals surface area contributed by atoms with Gasteiger partial charge < -0.3 is 42.5 Å². The minimum absolute atomic E-state index is 0.166. The lowest BCUT2D eigenvalue weighted by atomic mass is 10.0. The number of carbonyl (C=O) groups excluding carboxylic acids is 4. The molecule has 4 amide bonds. The van der Waals surface area contributed by atoms with Gasteiger partial charge in [-0.25, -0.2) is 4.79 Å². The lowest BCUT2D eigenvalue weighted by molar-refractivity contribution is -0.143. The minimum atomic E-state index is -1.25. The van der Waals surface area contributed by atoms with Gasteiger partial charge >= 0.3 is 5.97 Å². The molecule has 1 saturated heterocycles. The molecular weight excluding hydrogens is 460 g/mol. The Balaban J connectivity index is 2.66. The number of carboxylic acid groups (broad SMARTS) is 1. The second-order valence-corrected chi connectivity index (χ2v) is 9.13. The normalized spacial score (nSPS) is 18.0. The zero-order chi connectivity index (χ0) is 26.5. The van der Waals surface area contributed by atoms with Gasteiger partial charge in [-0.3, -0.25) is 19.2 Å². The van der Waals surface area contributed by atoms with Crippen molar-refractivity contribution in [2.24, 2.45) is 17.4 Å². The van der Waals surface area contributed by atoms with Crippen LogP contribution in [0, 0.1) is 5.92 Å². The molecule has 1 aliphatic rings. The van der Waals surface area contributed by atoms with Gasteiger partial charge in [0.05, 0.1) is 19.2 Å². The predicted octanol–water partition coefficient (Wildman–Crippen LogP) is -2.36. The van der Waals surface area contributed by atoms with Gasteiger partial charge in [-0.2, -0.15) is 0 Å². The first-order chi connectivity index (χ1) is 16.5. The van der Waals surface area contributed by atoms with Crippen LogP contribution in [0.4, 0.5) is 0 Å². The Morgan fingerprint density at radius 3 is 2.34 bits per heavy atom. The molecule has 1 heterocycles. The number of aliphatic hydroxyl groups excluding tert-OH is 1. The zero-order valence-electron chi connectivity index (χ0n) is 20.5. The Labute approximate surface area is 205 Å². The van der Waals surface area contributed by atoms with Gasteiger partial charge in [0.25, 0.3) is 0 Å². The second-order valence-electron chi connectivity index (χ2n) is 9.13. The van der Waals surface area contributed by atoms with E-state index in [9.17, 15) is 34.2 Å². The van der Waals surface area contributed by atoms with Crippen molar-refractivity contribution in [1.29, 1.82) is 0 Å². The number of unbranched alkanes of at least 4 members (excludes halogenated alkanes) is 1. The number of nitrogens with one attached hydrogen (secondary N) is 3. The predicted molar refractivity (Wildman–Crippen MR) is 127 cm³/mol. The smallest absolute Gasteiger partial charge is 0.326 e. The zero-order valence-corrected chi connectivity index (χ0v) is 20.5. The van der Waals surface area contributed by atoms with Crippen LogP contribution >= 0.6 is 0 Å². The van der Waals surface area contributed by atoms with Crippen molar-refractivity contribution < 1.29 is 34.2 Å². The second kappa shape index (κ2) is 15.3. The lowest BCUT2D eigenvalue weighted by Gasteiger charge is -2.28. The summed E-state index contributed by atoms with van der Waals surface area (Å²) in [7, 11) is 0. The highest BCUT2D eigenvalue weighted by Gasteiger charge is 2.38. The van der Waals surface area contributed by atoms with Crippen LogP contribution in [0.25, 0.3) is 0 Å². The van der Waals surface area contributed by atoms with E-state index in [1.54, 1.807) is 0 Å². The molecule has 200 valence electrons. The first-order valence-corrected chi connectivity index (χ1v) is 12.0. The molecule has 0 radical (unpaired) electrons. The number of carboxylic acids is 1. The van der Waals surface area contributed by atoms with E-state index in [1.807, 2.05) is 13.8 Å². The van der Waals surface area contributed by atoms with Crippen molar-refractivity contribution in [2.75, 3.05) is 26.2 Å². The van der Waals surface area contributed by atoms with Crippen LogP contribution in [0.2, 0.25) is 0 Å². The van der Waals surface area contributed by atoms with Crippen LogP contribution in [-0.4, -0.2) is 95.1 Å². The summed E-state index contributed by atoms with van der Waals surface area (Å²) in [6.45, 7) is 3.35. The highest BCUT2D eigenvalue weighted by Crippen LogP contribution is 2.18. The first-order valence-electron chi connectivity index (χ1n) is 12.0. The number of likely N-dealkylation sites (tertiary alicyclic amines) is 1. The first kappa shape index (κ1) is 30.3. The summed E-state index contributed by atoms with van der Waals surface area (Å²) in [6.07, 6.45) is 2.65. The number of rotatable bonds is 15. The molecule has 0 aliphatic carbocycles. The summed E-state index contributed by atoms with van der Waals surface area (Å²) in [5.74, 6) is -3.46. The van der Waals surface area contributed by atoms with Gasteiger partial charge in [0, 0.05) is 6.54 Å². The highest BCUT2D eigenvalue weighted by atomic mass is 16.4. The minimum Gasteiger partial charge on any atom is -0.480 e. The summed E-state index contributed by atoms with van der Waals surface area (Å²) in [4.78, 5) is 62.6. The van der Waals surface area contributed by atoms with Crippen molar-refractivity contribution in [3.8, 4) is 0 Å². The van der Waals surface area contributed by atoms with Gasteiger partial charge in [0.15, 0.2) is 0 Å². The summed E-state index contributed by atoms with van der Waals surface area (Å²) in [5, 5.41) is 26.2. The maximum Gasteiger partial charge on any atom is 0.326 e. The van der Waals surface area contributed by atoms with Crippen LogP contribution in [0.1, 0.15) is 52.4 Å². The third-order valence-corrected chi connectivity index (χ3v) is 5.70. The van der Waals surface area contributed by atoms with E-state index < -0.39 is 66.9 Å². The molecule has 13 heteroatoms. The Morgan fingerprint density at radius 1 is 1.09 bits per heavy atom. The van der Waals surface area contributed by atoms with Gasteiger partial charge in [0.2, 0.25) is 23.6 Å². The molecule has 0 spiro atoms. The number of aliphatic carboxylic acids is 1. The fourth-order valence-corrected chi connectivity index (χ4v) is 3.86. The van der Waals surface area contributed by atoms with Crippen molar-refractivity contribution >= 4 is 29.6 Å². The van der Waals surface area contributed by atoms with E-state index in [4.69, 9.17) is 11.5 Å². The van der Waals surface area contributed by atoms with Crippen molar-refractivity contribution in [1.82, 2.24) is 20.9 Å². The van der Waals surface area contributed by atoms with Crippen LogP contribution in [-0.2, 0) is 24.0 Å². The van der Waals surface area contributed by atoms with Crippen molar-refractivity contribution in [3.63, 3.8) is 0 Å². The molecule has 13 nitrogen and oxygen atoms in total. The third-order valence-electron chi connectivity index (χ3n) is 5.70. The van der Waals surface area contributed by atoms with Crippen molar-refractivity contribution in [3.05, 3.63) is 0 Å². The molecular formula is C22H40N6O7. The van der Waals surface area contributed by atoms with Crippen molar-refractivity contribution in [2.45, 2.75) is 76.5 Å². The van der Waals surface area contributed by atoms with Gasteiger partial charge in [-0.15, -0.1) is 0 Å². The van der Waals surface area contributed by atoms with Gasteiger partial charge in [-0.1, -0.05) is 13.8 Å². The Bertz CT molecular complexity index is 748. The van der Waals surface area contributed by atoms with E-state index in [0.29, 0.717) is 38.6 Å². The number of hydrogen-bond acceptors (Lipinski definition) is 8. The third kappa shape index (κ3) is 10.2. The molecule has 0 aromatic carbocycles. The largest absolute Gasteiger partial charge is 0.480 e. The Hall–Kier alpha value is -2.77. The van der Waals surface area contributed by atoms with E-state index in [1.165, 1.54) is 4.90 Å². The molecule has 0 bridgehead atoms. The molecule has 35 heavy (non-hydrogen) atoms. The molecule has 1 fully saturated rings. The number of amides is 4. The maximum atomic E-state index is 12.9. The molecule has 1 rings (SSSR count). The SMILES string of the molecule is CC(C)C[C@H](N)C(=O)N[C@@H](CO)C(=O)N1CCC[C@H]1C(=O)NCC(=O)N[C@@H](CCCCN)C(=O)O. The Kier molecular flexibility index (Phi) is 13.2. The van der Waals surface area contributed by atoms with E-state index in [2.05, 4.69) is 16.0 Å². The summed E-state index contributed by atoms with van der Waals surface area (Å²) >= 11 is 0. The quantitative estimate of drug-likeness (QED) is 0.119. The standard InChI is InChI=1S/C22H40N6O7/c1-13(2)10-14(24)19(31)27-16(12-29)21(33)28-9-5-7-17(28)20(32)25-11-18(30)26-15(22(34)35)6-3-4-8-23/h13-17,29H,3-12,23-24H2,1-2H3,(H,25,32)(H,26,30)(H,27,31)(H,34,35)/t14-,15-,16-,17-/m0/s1. The fourth-order valence-electron chi connectivity index (χ4n) is 3.86. The van der Waals surface area contributed by atoms with E-state index in [-0.39, 0.29) is 18.9 Å². The van der Waals surface area contributed by atoms with E-state index >= 15 is 0 Å². The topological polar surface area (TPSA) is 217 Å². The van der Waals surface area contributed by atoms with Gasteiger partial charge in [0.1, 0.15) is 18.1 Å². The van der Waals surface area contributed by atoms with E-state index in [0.717, 1.165) is 0 Å². The summed E-state index contributed by atoms with van der Waals surface area (Å²) in [6, 6.07) is -4.06. The molecule has 9 N–H and O–H groups in total.